The third-order valence-electron chi connectivity index (χ3n) is 3.78. The molecule has 2 N–H and O–H groups in total. The van der Waals surface area contributed by atoms with E-state index in [1.54, 1.807) is 0 Å². The zero-order valence-electron chi connectivity index (χ0n) is 11.6. The van der Waals surface area contributed by atoms with Crippen molar-refractivity contribution in [3.05, 3.63) is 35.9 Å². The molecule has 0 radical (unpaired) electrons. The lowest BCUT2D eigenvalue weighted by Crippen LogP contribution is -2.51. The van der Waals surface area contributed by atoms with Crippen LogP contribution in [-0.2, 0) is 11.2 Å². The van der Waals surface area contributed by atoms with Crippen LogP contribution in [0.5, 0.6) is 0 Å². The molecule has 2 rings (SSSR count). The van der Waals surface area contributed by atoms with Crippen molar-refractivity contribution in [2.24, 2.45) is 5.73 Å². The molecule has 0 aromatic heterocycles. The van der Waals surface area contributed by atoms with Gasteiger partial charge in [0, 0.05) is 32.2 Å². The van der Waals surface area contributed by atoms with Gasteiger partial charge < -0.3 is 5.73 Å². The van der Waals surface area contributed by atoms with Crippen LogP contribution in [0.4, 0.5) is 0 Å². The Morgan fingerprint density at radius 2 is 1.84 bits per heavy atom. The van der Waals surface area contributed by atoms with Crippen LogP contribution in [-0.4, -0.2) is 54.5 Å². The van der Waals surface area contributed by atoms with E-state index in [4.69, 9.17) is 5.73 Å². The molecule has 1 amide bonds. The third-order valence-corrected chi connectivity index (χ3v) is 3.78. The summed E-state index contributed by atoms with van der Waals surface area (Å²) in [5, 5.41) is 0. The summed E-state index contributed by atoms with van der Waals surface area (Å²) in [6, 6.07) is 11.1. The van der Waals surface area contributed by atoms with Gasteiger partial charge in [-0.3, -0.25) is 14.6 Å². The molecule has 1 heterocycles. The van der Waals surface area contributed by atoms with Gasteiger partial charge in [-0.2, -0.15) is 0 Å². The number of rotatable bonds is 5. The summed E-state index contributed by atoms with van der Waals surface area (Å²) in [5.74, 6) is -0.231. The van der Waals surface area contributed by atoms with Crippen LogP contribution in [0.1, 0.15) is 12.5 Å². The molecule has 1 aromatic carbocycles. The largest absolute Gasteiger partial charge is 0.369 e. The van der Waals surface area contributed by atoms with Crippen molar-refractivity contribution in [3.63, 3.8) is 0 Å². The van der Waals surface area contributed by atoms with Gasteiger partial charge in [-0.05, 0) is 18.9 Å². The second-order valence-electron chi connectivity index (χ2n) is 5.32. The normalized spacial score (nSPS) is 19.2. The van der Waals surface area contributed by atoms with Gasteiger partial charge in [-0.25, -0.2) is 0 Å². The number of piperazine rings is 1. The van der Waals surface area contributed by atoms with Crippen molar-refractivity contribution < 1.29 is 4.79 Å². The first-order chi connectivity index (χ1) is 9.15. The van der Waals surface area contributed by atoms with E-state index < -0.39 is 0 Å². The van der Waals surface area contributed by atoms with Gasteiger partial charge in [-0.1, -0.05) is 30.3 Å². The molecule has 19 heavy (non-hydrogen) atoms. The molecule has 0 spiro atoms. The van der Waals surface area contributed by atoms with E-state index >= 15 is 0 Å². The van der Waals surface area contributed by atoms with E-state index in [1.807, 2.05) is 0 Å². The quantitative estimate of drug-likeness (QED) is 0.849. The fraction of sp³-hybridized carbons (Fsp3) is 0.533. The first-order valence-electron chi connectivity index (χ1n) is 6.94. The number of carbonyl (C=O) groups excluding carboxylic acids is 1. The Morgan fingerprint density at radius 3 is 2.42 bits per heavy atom. The summed E-state index contributed by atoms with van der Waals surface area (Å²) in [5.41, 5.74) is 6.61. The van der Waals surface area contributed by atoms with Crippen LogP contribution in [0.3, 0.4) is 0 Å². The number of hydrogen-bond donors (Lipinski definition) is 1. The molecule has 104 valence electrons. The van der Waals surface area contributed by atoms with Crippen molar-refractivity contribution in [1.29, 1.82) is 0 Å². The summed E-state index contributed by atoms with van der Waals surface area (Å²) >= 11 is 0. The predicted molar refractivity (Wildman–Crippen MR) is 76.8 cm³/mol. The molecule has 4 nitrogen and oxygen atoms in total. The van der Waals surface area contributed by atoms with Crippen LogP contribution in [0.25, 0.3) is 0 Å². The molecule has 0 bridgehead atoms. The van der Waals surface area contributed by atoms with E-state index in [2.05, 4.69) is 47.1 Å². The Bertz CT molecular complexity index is 399. The SMILES string of the molecule is CC(Cc1ccccc1)N1CCN(CC(N)=O)CC1. The van der Waals surface area contributed by atoms with Crippen molar-refractivity contribution in [3.8, 4) is 0 Å². The molecule has 0 saturated carbocycles. The van der Waals surface area contributed by atoms with E-state index in [0.717, 1.165) is 32.6 Å². The topological polar surface area (TPSA) is 49.6 Å². The predicted octanol–water partition coefficient (Wildman–Crippen LogP) is 0.721. The number of hydrogen-bond acceptors (Lipinski definition) is 3. The molecule has 1 atom stereocenters. The highest BCUT2D eigenvalue weighted by molar-refractivity contribution is 5.75. The van der Waals surface area contributed by atoms with Gasteiger partial charge in [0.2, 0.25) is 5.91 Å². The summed E-state index contributed by atoms with van der Waals surface area (Å²) in [7, 11) is 0. The minimum Gasteiger partial charge on any atom is -0.369 e. The van der Waals surface area contributed by atoms with Crippen molar-refractivity contribution in [2.75, 3.05) is 32.7 Å². The summed E-state index contributed by atoms with van der Waals surface area (Å²) in [4.78, 5) is 15.5. The molecule has 1 saturated heterocycles. The fourth-order valence-electron chi connectivity index (χ4n) is 2.67. The van der Waals surface area contributed by atoms with E-state index in [1.165, 1.54) is 5.56 Å². The van der Waals surface area contributed by atoms with Gasteiger partial charge in [0.25, 0.3) is 0 Å². The standard InChI is InChI=1S/C15H23N3O/c1-13(11-14-5-3-2-4-6-14)18-9-7-17(8-10-18)12-15(16)19/h2-6,13H,7-12H2,1H3,(H2,16,19). The molecule has 4 heteroatoms. The lowest BCUT2D eigenvalue weighted by Gasteiger charge is -2.37. The Kier molecular flexibility index (Phi) is 4.93. The summed E-state index contributed by atoms with van der Waals surface area (Å²) in [6.45, 7) is 6.56. The molecule has 1 unspecified atom stereocenters. The maximum Gasteiger partial charge on any atom is 0.231 e. The van der Waals surface area contributed by atoms with Crippen molar-refractivity contribution in [2.45, 2.75) is 19.4 Å². The number of amides is 1. The van der Waals surface area contributed by atoms with Crippen LogP contribution < -0.4 is 5.73 Å². The number of carbonyl (C=O) groups is 1. The van der Waals surface area contributed by atoms with E-state index in [9.17, 15) is 4.79 Å². The Hall–Kier alpha value is -1.39. The Morgan fingerprint density at radius 1 is 1.21 bits per heavy atom. The smallest absolute Gasteiger partial charge is 0.231 e. The van der Waals surface area contributed by atoms with Gasteiger partial charge >= 0.3 is 0 Å². The fourth-order valence-corrected chi connectivity index (χ4v) is 2.67. The van der Waals surface area contributed by atoms with Crippen LogP contribution in [0.15, 0.2) is 30.3 Å². The molecular formula is C15H23N3O. The van der Waals surface area contributed by atoms with Crippen molar-refractivity contribution >= 4 is 5.91 Å². The average Bonchev–Trinajstić information content (AvgIpc) is 2.40. The molecule has 1 aromatic rings. The molecule has 1 aliphatic heterocycles. The Labute approximate surface area is 115 Å². The lowest BCUT2D eigenvalue weighted by molar-refractivity contribution is -0.119. The second kappa shape index (κ2) is 6.68. The highest BCUT2D eigenvalue weighted by Crippen LogP contribution is 2.11. The number of primary amides is 1. The highest BCUT2D eigenvalue weighted by atomic mass is 16.1. The lowest BCUT2D eigenvalue weighted by atomic mass is 10.1. The van der Waals surface area contributed by atoms with Crippen LogP contribution >= 0.6 is 0 Å². The van der Waals surface area contributed by atoms with Crippen LogP contribution in [0, 0.1) is 0 Å². The Balaban J connectivity index is 1.79. The zero-order valence-corrected chi connectivity index (χ0v) is 11.6. The zero-order chi connectivity index (χ0) is 13.7. The number of nitrogens with two attached hydrogens (primary N) is 1. The molecule has 0 aliphatic carbocycles. The second-order valence-corrected chi connectivity index (χ2v) is 5.32. The van der Waals surface area contributed by atoms with Gasteiger partial charge in [0.05, 0.1) is 6.54 Å². The maximum absolute atomic E-state index is 10.9. The summed E-state index contributed by atoms with van der Waals surface area (Å²) in [6.07, 6.45) is 1.08. The average molecular weight is 261 g/mol. The first-order valence-corrected chi connectivity index (χ1v) is 6.94. The van der Waals surface area contributed by atoms with E-state index in [0.29, 0.717) is 12.6 Å². The number of benzene rings is 1. The first kappa shape index (κ1) is 14.0. The minimum absolute atomic E-state index is 0.231. The maximum atomic E-state index is 10.9. The van der Waals surface area contributed by atoms with Crippen molar-refractivity contribution in [1.82, 2.24) is 9.80 Å². The minimum atomic E-state index is -0.231. The van der Waals surface area contributed by atoms with Gasteiger partial charge in [-0.15, -0.1) is 0 Å². The monoisotopic (exact) mass is 261 g/mol. The summed E-state index contributed by atoms with van der Waals surface area (Å²) < 4.78 is 0. The van der Waals surface area contributed by atoms with Crippen LogP contribution in [0.2, 0.25) is 0 Å². The number of nitrogens with zero attached hydrogens (tertiary/aromatic N) is 2. The molecule has 1 fully saturated rings. The van der Waals surface area contributed by atoms with Gasteiger partial charge in [0.15, 0.2) is 0 Å². The van der Waals surface area contributed by atoms with Gasteiger partial charge in [0.1, 0.15) is 0 Å². The molecular weight excluding hydrogens is 238 g/mol. The molecule has 1 aliphatic rings. The highest BCUT2D eigenvalue weighted by Gasteiger charge is 2.21. The third kappa shape index (κ3) is 4.33. The van der Waals surface area contributed by atoms with E-state index in [-0.39, 0.29) is 5.91 Å².